The van der Waals surface area contributed by atoms with Crippen molar-refractivity contribution in [2.45, 2.75) is 33.0 Å². The van der Waals surface area contributed by atoms with Gasteiger partial charge in [-0.2, -0.15) is 18.2 Å². The van der Waals surface area contributed by atoms with Crippen molar-refractivity contribution in [2.24, 2.45) is 0 Å². The Balaban J connectivity index is 1.68. The number of aryl methyl sites for hydroxylation is 1. The molecule has 0 fully saturated rings. The van der Waals surface area contributed by atoms with Crippen molar-refractivity contribution in [3.8, 4) is 28.3 Å². The summed E-state index contributed by atoms with van der Waals surface area (Å²) in [4.78, 5) is 8.72. The van der Waals surface area contributed by atoms with Gasteiger partial charge in [0.15, 0.2) is 5.82 Å². The molecule has 0 radical (unpaired) electrons. The molecule has 0 bridgehead atoms. The Morgan fingerprint density at radius 3 is 2.47 bits per heavy atom. The van der Waals surface area contributed by atoms with E-state index in [2.05, 4.69) is 20.4 Å². The molecule has 0 spiro atoms. The van der Waals surface area contributed by atoms with E-state index in [1.165, 1.54) is 6.07 Å². The highest BCUT2D eigenvalue weighted by molar-refractivity contribution is 5.74. The third-order valence-electron chi connectivity index (χ3n) is 5.23. The van der Waals surface area contributed by atoms with Crippen molar-refractivity contribution < 1.29 is 17.9 Å². The lowest BCUT2D eigenvalue weighted by Crippen LogP contribution is -2.07. The third-order valence-corrected chi connectivity index (χ3v) is 5.23. The zero-order valence-corrected chi connectivity index (χ0v) is 19.2. The van der Waals surface area contributed by atoms with Gasteiger partial charge in [-0.15, -0.1) is 5.10 Å². The number of hydrogen-bond acceptors (Lipinski definition) is 5. The number of benzene rings is 2. The lowest BCUT2D eigenvalue weighted by atomic mass is 10.0. The van der Waals surface area contributed by atoms with E-state index in [9.17, 15) is 13.2 Å². The maximum atomic E-state index is 13.2. The summed E-state index contributed by atoms with van der Waals surface area (Å²) in [6.45, 7) is 5.71. The van der Waals surface area contributed by atoms with Gasteiger partial charge in [0.25, 0.3) is 0 Å². The topological polar surface area (TPSA) is 64.9 Å². The van der Waals surface area contributed by atoms with Crippen LogP contribution in [0, 0.1) is 6.92 Å². The molecule has 0 aliphatic heterocycles. The second-order valence-electron chi connectivity index (χ2n) is 8.10. The van der Waals surface area contributed by atoms with Crippen LogP contribution in [0.4, 0.5) is 24.8 Å². The van der Waals surface area contributed by atoms with Crippen LogP contribution in [0.3, 0.4) is 0 Å². The standard InChI is InChI=1S/C25H24F3N5O/c1-15(2)33-23(18-6-5-7-19(13-18)25(26,27)28)31-24(32-33)30-20-8-9-21(22(14-20)34-4)17-10-11-29-16(3)12-17/h5-15H,1-4H3,(H,30,32). The van der Waals surface area contributed by atoms with Crippen LogP contribution in [0.15, 0.2) is 60.8 Å². The van der Waals surface area contributed by atoms with Gasteiger partial charge in [-0.05, 0) is 62.7 Å². The van der Waals surface area contributed by atoms with Crippen molar-refractivity contribution in [1.29, 1.82) is 0 Å². The van der Waals surface area contributed by atoms with Crippen LogP contribution in [-0.2, 0) is 6.18 Å². The summed E-state index contributed by atoms with van der Waals surface area (Å²) in [5.74, 6) is 1.27. The average Bonchev–Trinajstić information content (AvgIpc) is 3.23. The number of halogens is 3. The normalized spacial score (nSPS) is 11.6. The number of ether oxygens (including phenoxy) is 1. The molecule has 0 atom stereocenters. The van der Waals surface area contributed by atoms with E-state index in [4.69, 9.17) is 4.74 Å². The van der Waals surface area contributed by atoms with Crippen LogP contribution < -0.4 is 10.1 Å². The van der Waals surface area contributed by atoms with E-state index in [-0.39, 0.29) is 12.0 Å². The molecule has 0 aliphatic carbocycles. The summed E-state index contributed by atoms with van der Waals surface area (Å²) < 4.78 is 46.8. The van der Waals surface area contributed by atoms with Crippen LogP contribution in [0.25, 0.3) is 22.5 Å². The van der Waals surface area contributed by atoms with Crippen LogP contribution in [0.5, 0.6) is 5.75 Å². The fraction of sp³-hybridized carbons (Fsp3) is 0.240. The van der Waals surface area contributed by atoms with Gasteiger partial charge in [0, 0.05) is 40.8 Å². The lowest BCUT2D eigenvalue weighted by Gasteiger charge is -2.11. The Hall–Kier alpha value is -3.88. The summed E-state index contributed by atoms with van der Waals surface area (Å²) in [6.07, 6.45) is -2.69. The molecular weight excluding hydrogens is 443 g/mol. The Bertz CT molecular complexity index is 1310. The molecular formula is C25H24F3N5O. The third kappa shape index (κ3) is 4.88. The molecule has 176 valence electrons. The minimum atomic E-state index is -4.44. The number of hydrogen-bond donors (Lipinski definition) is 1. The van der Waals surface area contributed by atoms with Crippen molar-refractivity contribution in [1.82, 2.24) is 19.7 Å². The first-order valence-corrected chi connectivity index (χ1v) is 10.7. The summed E-state index contributed by atoms with van der Waals surface area (Å²) in [7, 11) is 1.59. The number of methoxy groups -OCH3 is 1. The number of nitrogens with zero attached hydrogens (tertiary/aromatic N) is 4. The van der Waals surface area contributed by atoms with Crippen molar-refractivity contribution in [2.75, 3.05) is 12.4 Å². The number of alkyl halides is 3. The predicted octanol–water partition coefficient (Wildman–Crippen LogP) is 6.67. The Morgan fingerprint density at radius 1 is 1.00 bits per heavy atom. The highest BCUT2D eigenvalue weighted by atomic mass is 19.4. The molecule has 4 aromatic rings. The van der Waals surface area contributed by atoms with Gasteiger partial charge in [0.1, 0.15) is 5.75 Å². The summed E-state index contributed by atoms with van der Waals surface area (Å²) in [5, 5.41) is 7.63. The fourth-order valence-electron chi connectivity index (χ4n) is 3.62. The fourth-order valence-corrected chi connectivity index (χ4v) is 3.62. The molecule has 9 heteroatoms. The summed E-state index contributed by atoms with van der Waals surface area (Å²) >= 11 is 0. The first kappa shape index (κ1) is 23.3. The zero-order valence-electron chi connectivity index (χ0n) is 19.2. The Labute approximate surface area is 195 Å². The first-order valence-electron chi connectivity index (χ1n) is 10.7. The number of rotatable bonds is 6. The minimum Gasteiger partial charge on any atom is -0.496 e. The second-order valence-corrected chi connectivity index (χ2v) is 8.10. The molecule has 2 aromatic heterocycles. The molecule has 0 saturated heterocycles. The van der Waals surface area contributed by atoms with Crippen LogP contribution in [0.2, 0.25) is 0 Å². The van der Waals surface area contributed by atoms with E-state index >= 15 is 0 Å². The number of aromatic nitrogens is 4. The second kappa shape index (κ2) is 9.17. The monoisotopic (exact) mass is 467 g/mol. The van der Waals surface area contributed by atoms with Crippen LogP contribution in [0.1, 0.15) is 31.1 Å². The smallest absolute Gasteiger partial charge is 0.416 e. The molecule has 0 amide bonds. The van der Waals surface area contributed by atoms with Crippen molar-refractivity contribution in [3.05, 3.63) is 72.1 Å². The highest BCUT2D eigenvalue weighted by Gasteiger charge is 2.31. The first-order chi connectivity index (χ1) is 16.2. The number of pyridine rings is 1. The van der Waals surface area contributed by atoms with Gasteiger partial charge in [-0.1, -0.05) is 12.1 Å². The number of nitrogens with one attached hydrogen (secondary N) is 1. The van der Waals surface area contributed by atoms with Crippen LogP contribution >= 0.6 is 0 Å². The van der Waals surface area contributed by atoms with Crippen LogP contribution in [-0.4, -0.2) is 26.9 Å². The maximum Gasteiger partial charge on any atom is 0.416 e. The molecule has 0 aliphatic rings. The number of anilines is 2. The van der Waals surface area contributed by atoms with E-state index in [0.29, 0.717) is 22.8 Å². The highest BCUT2D eigenvalue weighted by Crippen LogP contribution is 2.35. The van der Waals surface area contributed by atoms with Gasteiger partial charge in [-0.3, -0.25) is 4.98 Å². The largest absolute Gasteiger partial charge is 0.496 e. The van der Waals surface area contributed by atoms with E-state index < -0.39 is 11.7 Å². The molecule has 0 unspecified atom stereocenters. The molecule has 34 heavy (non-hydrogen) atoms. The summed E-state index contributed by atoms with van der Waals surface area (Å²) in [6, 6.07) is 14.5. The van der Waals surface area contributed by atoms with Gasteiger partial charge in [0.05, 0.1) is 12.7 Å². The van der Waals surface area contributed by atoms with Crippen molar-refractivity contribution in [3.63, 3.8) is 0 Å². The Kier molecular flexibility index (Phi) is 6.28. The lowest BCUT2D eigenvalue weighted by molar-refractivity contribution is -0.137. The zero-order chi connectivity index (χ0) is 24.5. The van der Waals surface area contributed by atoms with Gasteiger partial charge in [-0.25, -0.2) is 4.68 Å². The summed E-state index contributed by atoms with van der Waals surface area (Å²) in [5.41, 5.74) is 3.07. The SMILES string of the molecule is COc1cc(Nc2nc(-c3cccc(C(F)(F)F)c3)n(C(C)C)n2)ccc1-c1ccnc(C)c1. The van der Waals surface area contributed by atoms with E-state index in [0.717, 1.165) is 29.0 Å². The van der Waals surface area contributed by atoms with Gasteiger partial charge < -0.3 is 10.1 Å². The molecule has 2 heterocycles. The van der Waals surface area contributed by atoms with Gasteiger partial charge in [0.2, 0.25) is 5.95 Å². The molecule has 1 N–H and O–H groups in total. The average molecular weight is 467 g/mol. The maximum absolute atomic E-state index is 13.2. The minimum absolute atomic E-state index is 0.112. The molecule has 4 rings (SSSR count). The van der Waals surface area contributed by atoms with E-state index in [1.54, 1.807) is 24.1 Å². The predicted molar refractivity (Wildman–Crippen MR) is 125 cm³/mol. The van der Waals surface area contributed by atoms with Gasteiger partial charge >= 0.3 is 6.18 Å². The molecule has 2 aromatic carbocycles. The Morgan fingerprint density at radius 2 is 1.79 bits per heavy atom. The van der Waals surface area contributed by atoms with Crippen molar-refractivity contribution >= 4 is 11.6 Å². The molecule has 6 nitrogen and oxygen atoms in total. The molecule has 0 saturated carbocycles. The quantitative estimate of drug-likeness (QED) is 0.343. The van der Waals surface area contributed by atoms with E-state index in [1.807, 2.05) is 51.1 Å².